The molecule has 2 aromatic rings. The molecule has 1 N–H and O–H groups in total. The van der Waals surface area contributed by atoms with Gasteiger partial charge in [-0.25, -0.2) is 0 Å². The number of carbonyl (C=O) groups is 1. The number of oxazole rings is 1. The second-order valence-corrected chi connectivity index (χ2v) is 4.07. The van der Waals surface area contributed by atoms with Gasteiger partial charge in [-0.2, -0.15) is 4.98 Å². The summed E-state index contributed by atoms with van der Waals surface area (Å²) < 4.78 is 10.0. The van der Waals surface area contributed by atoms with Gasteiger partial charge in [-0.1, -0.05) is 0 Å². The minimum absolute atomic E-state index is 0.0719. The Morgan fingerprint density at radius 2 is 2.39 bits per heavy atom. The monoisotopic (exact) mass is 268 g/mol. The second kappa shape index (κ2) is 5.84. The maximum atomic E-state index is 11.8. The highest BCUT2D eigenvalue weighted by atomic mass is 35.5. The van der Waals surface area contributed by atoms with Crippen LogP contribution in [0, 0.1) is 0 Å². The number of carbonyl (C=O) groups excluding carboxylic acids is 1. The molecule has 0 fully saturated rings. The molecular weight excluding hydrogens is 256 g/mol. The summed E-state index contributed by atoms with van der Waals surface area (Å²) in [6.45, 7) is 1.20. The number of hydrogen-bond acceptors (Lipinski definition) is 4. The molecule has 96 valence electrons. The maximum absolute atomic E-state index is 11.8. The highest BCUT2D eigenvalue weighted by Gasteiger charge is 2.09. The zero-order valence-corrected chi connectivity index (χ0v) is 10.7. The van der Waals surface area contributed by atoms with Crippen LogP contribution in [0.4, 0.5) is 0 Å². The van der Waals surface area contributed by atoms with Crippen molar-refractivity contribution < 1.29 is 13.9 Å². The highest BCUT2D eigenvalue weighted by molar-refractivity contribution is 6.28. The molecule has 0 atom stereocenters. The molecule has 0 saturated heterocycles. The Morgan fingerprint density at radius 3 is 3.17 bits per heavy atom. The van der Waals surface area contributed by atoms with Crippen molar-refractivity contribution in [2.24, 2.45) is 0 Å². The van der Waals surface area contributed by atoms with Gasteiger partial charge in [0.15, 0.2) is 5.58 Å². The van der Waals surface area contributed by atoms with Crippen LogP contribution >= 0.6 is 11.6 Å². The molecule has 5 nitrogen and oxygen atoms in total. The van der Waals surface area contributed by atoms with Gasteiger partial charge in [0.2, 0.25) is 0 Å². The molecule has 1 aromatic heterocycles. The number of amides is 1. The number of nitrogens with zero attached hydrogens (tertiary/aromatic N) is 1. The van der Waals surface area contributed by atoms with E-state index in [0.717, 1.165) is 6.42 Å². The summed E-state index contributed by atoms with van der Waals surface area (Å²) in [5.74, 6) is -0.146. The molecule has 1 heterocycles. The van der Waals surface area contributed by atoms with Gasteiger partial charge in [0.1, 0.15) is 5.52 Å². The molecule has 0 saturated carbocycles. The van der Waals surface area contributed by atoms with E-state index >= 15 is 0 Å². The SMILES string of the molecule is COCCCNC(=O)c1ccc2oc(Cl)nc2c1. The lowest BCUT2D eigenvalue weighted by atomic mass is 10.2. The summed E-state index contributed by atoms with van der Waals surface area (Å²) in [5, 5.41) is 2.87. The number of fused-ring (bicyclic) bond motifs is 1. The third kappa shape index (κ3) is 3.00. The maximum Gasteiger partial charge on any atom is 0.293 e. The highest BCUT2D eigenvalue weighted by Crippen LogP contribution is 2.19. The lowest BCUT2D eigenvalue weighted by molar-refractivity contribution is 0.0948. The van der Waals surface area contributed by atoms with Gasteiger partial charge < -0.3 is 14.5 Å². The van der Waals surface area contributed by atoms with E-state index in [2.05, 4.69) is 10.3 Å². The molecular formula is C12H13ClN2O3. The standard InChI is InChI=1S/C12H13ClN2O3/c1-17-6-2-5-14-11(16)8-3-4-10-9(7-8)15-12(13)18-10/h3-4,7H,2,5-6H2,1H3,(H,14,16). The van der Waals surface area contributed by atoms with E-state index in [-0.39, 0.29) is 11.3 Å². The average molecular weight is 269 g/mol. The molecule has 0 aliphatic carbocycles. The van der Waals surface area contributed by atoms with E-state index in [1.807, 2.05) is 0 Å². The molecule has 0 spiro atoms. The van der Waals surface area contributed by atoms with Crippen LogP contribution in [0.15, 0.2) is 22.6 Å². The van der Waals surface area contributed by atoms with Crippen molar-refractivity contribution in [2.75, 3.05) is 20.3 Å². The fourth-order valence-electron chi connectivity index (χ4n) is 1.56. The van der Waals surface area contributed by atoms with Crippen molar-refractivity contribution in [1.29, 1.82) is 0 Å². The van der Waals surface area contributed by atoms with Gasteiger partial charge in [0, 0.05) is 25.8 Å². The Bertz CT molecular complexity index is 553. The lowest BCUT2D eigenvalue weighted by Crippen LogP contribution is -2.25. The van der Waals surface area contributed by atoms with Crippen molar-refractivity contribution in [3.05, 3.63) is 29.1 Å². The molecule has 0 bridgehead atoms. The number of benzene rings is 1. The summed E-state index contributed by atoms with van der Waals surface area (Å²) in [6.07, 6.45) is 0.778. The lowest BCUT2D eigenvalue weighted by Gasteiger charge is -2.04. The molecule has 1 amide bonds. The first-order chi connectivity index (χ1) is 8.70. The van der Waals surface area contributed by atoms with E-state index in [9.17, 15) is 4.79 Å². The minimum Gasteiger partial charge on any atom is -0.428 e. The van der Waals surface area contributed by atoms with Crippen LogP contribution in [0.3, 0.4) is 0 Å². The molecule has 0 unspecified atom stereocenters. The largest absolute Gasteiger partial charge is 0.428 e. The van der Waals surface area contributed by atoms with Gasteiger partial charge in [-0.15, -0.1) is 0 Å². The van der Waals surface area contributed by atoms with Crippen LogP contribution in [0.2, 0.25) is 5.35 Å². The summed E-state index contributed by atoms with van der Waals surface area (Å²) >= 11 is 5.64. The van der Waals surface area contributed by atoms with Crippen LogP contribution in [0.25, 0.3) is 11.1 Å². The summed E-state index contributed by atoms with van der Waals surface area (Å²) in [5.41, 5.74) is 1.67. The van der Waals surface area contributed by atoms with Crippen molar-refractivity contribution in [2.45, 2.75) is 6.42 Å². The predicted octanol–water partition coefficient (Wildman–Crippen LogP) is 2.25. The topological polar surface area (TPSA) is 64.4 Å². The average Bonchev–Trinajstić information content (AvgIpc) is 2.73. The number of methoxy groups -OCH3 is 1. The second-order valence-electron chi connectivity index (χ2n) is 3.75. The fraction of sp³-hybridized carbons (Fsp3) is 0.333. The van der Waals surface area contributed by atoms with Gasteiger partial charge in [-0.05, 0) is 36.2 Å². The fourth-order valence-corrected chi connectivity index (χ4v) is 1.74. The quantitative estimate of drug-likeness (QED) is 0.845. The molecule has 6 heteroatoms. The normalized spacial score (nSPS) is 10.8. The van der Waals surface area contributed by atoms with E-state index < -0.39 is 0 Å². The van der Waals surface area contributed by atoms with Gasteiger partial charge in [-0.3, -0.25) is 4.79 Å². The first-order valence-corrected chi connectivity index (χ1v) is 5.92. The zero-order valence-electron chi connectivity index (χ0n) is 9.90. The van der Waals surface area contributed by atoms with Crippen LogP contribution in [-0.4, -0.2) is 31.2 Å². The Kier molecular flexibility index (Phi) is 4.17. The molecule has 18 heavy (non-hydrogen) atoms. The van der Waals surface area contributed by atoms with E-state index in [1.54, 1.807) is 25.3 Å². The van der Waals surface area contributed by atoms with Crippen LogP contribution in [0.5, 0.6) is 0 Å². The Hall–Kier alpha value is -1.59. The Balaban J connectivity index is 2.03. The van der Waals surface area contributed by atoms with E-state index in [4.69, 9.17) is 20.8 Å². The minimum atomic E-state index is -0.146. The third-order valence-electron chi connectivity index (χ3n) is 2.43. The Labute approximate surface area is 109 Å². The first kappa shape index (κ1) is 12.9. The van der Waals surface area contributed by atoms with Crippen molar-refractivity contribution in [3.63, 3.8) is 0 Å². The Morgan fingerprint density at radius 1 is 1.56 bits per heavy atom. The summed E-state index contributed by atoms with van der Waals surface area (Å²) in [4.78, 5) is 15.8. The third-order valence-corrected chi connectivity index (χ3v) is 2.60. The molecule has 0 radical (unpaired) electrons. The van der Waals surface area contributed by atoms with Crippen molar-refractivity contribution in [3.8, 4) is 0 Å². The van der Waals surface area contributed by atoms with Crippen LogP contribution < -0.4 is 5.32 Å². The number of nitrogens with one attached hydrogen (secondary N) is 1. The first-order valence-electron chi connectivity index (χ1n) is 5.54. The summed E-state index contributed by atoms with van der Waals surface area (Å²) in [7, 11) is 1.63. The van der Waals surface area contributed by atoms with E-state index in [1.165, 1.54) is 0 Å². The molecule has 1 aromatic carbocycles. The number of hydrogen-bond donors (Lipinski definition) is 1. The van der Waals surface area contributed by atoms with Gasteiger partial charge in [0.25, 0.3) is 11.3 Å². The van der Waals surface area contributed by atoms with Crippen LogP contribution in [0.1, 0.15) is 16.8 Å². The van der Waals surface area contributed by atoms with Crippen LogP contribution in [-0.2, 0) is 4.74 Å². The predicted molar refractivity (Wildman–Crippen MR) is 67.8 cm³/mol. The molecule has 2 rings (SSSR count). The molecule has 0 aliphatic heterocycles. The zero-order chi connectivity index (χ0) is 13.0. The number of aromatic nitrogens is 1. The van der Waals surface area contributed by atoms with Gasteiger partial charge in [0.05, 0.1) is 0 Å². The summed E-state index contributed by atoms with van der Waals surface area (Å²) in [6, 6.07) is 5.00. The number of halogens is 1. The molecule has 0 aliphatic rings. The smallest absolute Gasteiger partial charge is 0.293 e. The van der Waals surface area contributed by atoms with Crippen molar-refractivity contribution in [1.82, 2.24) is 10.3 Å². The van der Waals surface area contributed by atoms with Crippen molar-refractivity contribution >= 4 is 28.6 Å². The van der Waals surface area contributed by atoms with E-state index in [0.29, 0.717) is 29.8 Å². The number of rotatable bonds is 5. The van der Waals surface area contributed by atoms with Gasteiger partial charge >= 0.3 is 0 Å². The number of ether oxygens (including phenoxy) is 1.